The van der Waals surface area contributed by atoms with Gasteiger partial charge in [0.15, 0.2) is 0 Å². The molecule has 6 heteroatoms. The van der Waals surface area contributed by atoms with Crippen LogP contribution in [0.2, 0.25) is 0 Å². The fourth-order valence-corrected chi connectivity index (χ4v) is 1.81. The Bertz CT molecular complexity index is 616. The minimum absolute atomic E-state index is 0.642. The quantitative estimate of drug-likeness (QED) is 0.812. The van der Waals surface area contributed by atoms with Crippen LogP contribution in [-0.2, 0) is 11.7 Å². The van der Waals surface area contributed by atoms with Gasteiger partial charge in [-0.25, -0.2) is 0 Å². The summed E-state index contributed by atoms with van der Waals surface area (Å²) in [5.41, 5.74) is -0.434. The van der Waals surface area contributed by atoms with E-state index in [9.17, 15) is 10.1 Å². The van der Waals surface area contributed by atoms with Crippen molar-refractivity contribution in [1.29, 1.82) is 0 Å². The van der Waals surface area contributed by atoms with Crippen molar-refractivity contribution in [1.82, 2.24) is 9.78 Å². The second-order valence-corrected chi connectivity index (χ2v) is 6.16. The molecule has 108 valence electrons. The summed E-state index contributed by atoms with van der Waals surface area (Å²) in [5.74, 6) is 0. The summed E-state index contributed by atoms with van der Waals surface area (Å²) in [5, 5.41) is 25.5. The van der Waals surface area contributed by atoms with Crippen LogP contribution in [0.4, 0.5) is 0 Å². The van der Waals surface area contributed by atoms with Crippen LogP contribution < -0.4 is 5.46 Å². The number of nitrogens with zero attached hydrogens (tertiary/aromatic N) is 2. The van der Waals surface area contributed by atoms with Crippen molar-refractivity contribution in [2.75, 3.05) is 0 Å². The highest BCUT2D eigenvalue weighted by Gasteiger charge is 2.39. The molecule has 0 spiro atoms. The average molecular weight is 276 g/mol. The number of benzene rings is 1. The Morgan fingerprint density at radius 2 is 1.90 bits per heavy atom. The number of hydrogen-bond donors (Lipinski definition) is 2. The molecule has 0 radical (unpaired) electrons. The van der Waals surface area contributed by atoms with Crippen molar-refractivity contribution in [3.05, 3.63) is 24.4 Å². The zero-order valence-corrected chi connectivity index (χ0v) is 12.6. The third kappa shape index (κ3) is 2.87. The second-order valence-electron chi connectivity index (χ2n) is 6.16. The van der Waals surface area contributed by atoms with E-state index in [0.717, 1.165) is 10.9 Å². The van der Waals surface area contributed by atoms with Crippen LogP contribution in [0.5, 0.6) is 0 Å². The largest absolute Gasteiger partial charge is 0.491 e. The smallest absolute Gasteiger partial charge is 0.423 e. The van der Waals surface area contributed by atoms with Crippen LogP contribution in [-0.4, -0.2) is 38.2 Å². The molecule has 0 aliphatic rings. The predicted molar refractivity (Wildman–Crippen MR) is 79.8 cm³/mol. The van der Waals surface area contributed by atoms with E-state index in [4.69, 9.17) is 4.65 Å². The summed E-state index contributed by atoms with van der Waals surface area (Å²) in [7, 11) is 0.755. The molecule has 0 fully saturated rings. The predicted octanol–water partition coefficient (Wildman–Crippen LogP) is 0.827. The first kappa shape index (κ1) is 15.0. The van der Waals surface area contributed by atoms with Gasteiger partial charge in [0.25, 0.3) is 0 Å². The van der Waals surface area contributed by atoms with Crippen LogP contribution in [0.3, 0.4) is 0 Å². The monoisotopic (exact) mass is 276 g/mol. The van der Waals surface area contributed by atoms with Crippen molar-refractivity contribution in [2.45, 2.75) is 38.9 Å². The molecule has 2 aromatic rings. The zero-order chi connectivity index (χ0) is 15.1. The van der Waals surface area contributed by atoms with Crippen LogP contribution in [0.15, 0.2) is 24.4 Å². The van der Waals surface area contributed by atoms with Crippen molar-refractivity contribution in [3.63, 3.8) is 0 Å². The first-order valence-corrected chi connectivity index (χ1v) is 6.62. The molecule has 0 bridgehead atoms. The van der Waals surface area contributed by atoms with Crippen molar-refractivity contribution in [3.8, 4) is 0 Å². The Morgan fingerprint density at radius 3 is 2.50 bits per heavy atom. The van der Waals surface area contributed by atoms with Gasteiger partial charge in [-0.3, -0.25) is 4.68 Å². The van der Waals surface area contributed by atoms with Gasteiger partial charge in [-0.1, -0.05) is 12.1 Å². The average Bonchev–Trinajstić information content (AvgIpc) is 2.65. The molecular weight excluding hydrogens is 255 g/mol. The lowest BCUT2D eigenvalue weighted by atomic mass is 9.76. The van der Waals surface area contributed by atoms with Crippen molar-refractivity contribution < 1.29 is 14.8 Å². The highest BCUT2D eigenvalue weighted by Crippen LogP contribution is 2.25. The minimum Gasteiger partial charge on any atom is -0.423 e. The summed E-state index contributed by atoms with van der Waals surface area (Å²) in [6.45, 7) is 6.81. The molecular formula is C14H21BN2O3. The van der Waals surface area contributed by atoms with E-state index in [1.165, 1.54) is 0 Å². The molecule has 2 N–H and O–H groups in total. The molecule has 0 aliphatic carbocycles. The van der Waals surface area contributed by atoms with Crippen LogP contribution in [0.25, 0.3) is 10.9 Å². The number of aliphatic hydroxyl groups is 1. The number of aromatic nitrogens is 2. The van der Waals surface area contributed by atoms with Gasteiger partial charge in [0.2, 0.25) is 0 Å². The van der Waals surface area contributed by atoms with E-state index in [0.29, 0.717) is 5.46 Å². The maximum atomic E-state index is 10.2. The first-order valence-electron chi connectivity index (χ1n) is 6.62. The van der Waals surface area contributed by atoms with E-state index >= 15 is 0 Å². The molecule has 0 saturated heterocycles. The number of aryl methyl sites for hydroxylation is 1. The standard InChI is InChI=1S/C14H21BN2O3/c1-13(2,18)14(3,4)20-15(19)11-6-7-12-10(8-11)9-17(5)16-12/h6-9,18-19H,1-5H3. The van der Waals surface area contributed by atoms with Gasteiger partial charge in [-0.15, -0.1) is 0 Å². The van der Waals surface area contributed by atoms with Gasteiger partial charge in [0.1, 0.15) is 0 Å². The van der Waals surface area contributed by atoms with E-state index < -0.39 is 18.3 Å². The number of fused-ring (bicyclic) bond motifs is 1. The molecule has 0 amide bonds. The Kier molecular flexibility index (Phi) is 3.66. The molecule has 1 aromatic carbocycles. The molecule has 20 heavy (non-hydrogen) atoms. The minimum atomic E-state index is -1.10. The molecule has 0 atom stereocenters. The van der Waals surface area contributed by atoms with Gasteiger partial charge in [0, 0.05) is 18.6 Å². The highest BCUT2D eigenvalue weighted by atomic mass is 16.5. The van der Waals surface area contributed by atoms with Gasteiger partial charge in [-0.05, 0) is 39.2 Å². The van der Waals surface area contributed by atoms with Crippen LogP contribution in [0.1, 0.15) is 27.7 Å². The van der Waals surface area contributed by atoms with Crippen LogP contribution in [0, 0.1) is 0 Å². The van der Waals surface area contributed by atoms with Gasteiger partial charge in [-0.2, -0.15) is 5.10 Å². The molecule has 1 heterocycles. The van der Waals surface area contributed by atoms with Gasteiger partial charge >= 0.3 is 7.12 Å². The number of hydrogen-bond acceptors (Lipinski definition) is 4. The molecule has 5 nitrogen and oxygen atoms in total. The molecule has 1 aromatic heterocycles. The highest BCUT2D eigenvalue weighted by molar-refractivity contribution is 6.60. The lowest BCUT2D eigenvalue weighted by Crippen LogP contribution is -2.53. The van der Waals surface area contributed by atoms with E-state index in [-0.39, 0.29) is 0 Å². The van der Waals surface area contributed by atoms with Crippen molar-refractivity contribution in [2.24, 2.45) is 7.05 Å². The molecule has 2 rings (SSSR count). The lowest BCUT2D eigenvalue weighted by molar-refractivity contribution is -0.0982. The maximum absolute atomic E-state index is 10.2. The van der Waals surface area contributed by atoms with Gasteiger partial charge in [0.05, 0.1) is 16.7 Å². The number of rotatable bonds is 4. The maximum Gasteiger partial charge on any atom is 0.491 e. The molecule has 0 saturated carbocycles. The topological polar surface area (TPSA) is 67.5 Å². The van der Waals surface area contributed by atoms with E-state index in [1.807, 2.05) is 25.4 Å². The van der Waals surface area contributed by atoms with E-state index in [1.54, 1.807) is 38.4 Å². The third-order valence-corrected chi connectivity index (χ3v) is 3.81. The fraction of sp³-hybridized carbons (Fsp3) is 0.500. The molecule has 0 unspecified atom stereocenters. The Hall–Kier alpha value is -1.37. The Morgan fingerprint density at radius 1 is 1.25 bits per heavy atom. The van der Waals surface area contributed by atoms with E-state index in [2.05, 4.69) is 5.10 Å². The Labute approximate surface area is 119 Å². The summed E-state index contributed by atoms with van der Waals surface area (Å²) >= 11 is 0. The normalized spacial score (nSPS) is 12.9. The second kappa shape index (κ2) is 4.88. The summed E-state index contributed by atoms with van der Waals surface area (Å²) in [4.78, 5) is 0. The van der Waals surface area contributed by atoms with Gasteiger partial charge < -0.3 is 14.8 Å². The molecule has 0 aliphatic heterocycles. The third-order valence-electron chi connectivity index (χ3n) is 3.81. The first-order chi connectivity index (χ1) is 9.10. The van der Waals surface area contributed by atoms with Crippen molar-refractivity contribution >= 4 is 23.5 Å². The van der Waals surface area contributed by atoms with Crippen LogP contribution >= 0.6 is 0 Å². The lowest BCUT2D eigenvalue weighted by Gasteiger charge is -2.38. The Balaban J connectivity index is 2.25. The fourth-order valence-electron chi connectivity index (χ4n) is 1.81. The summed E-state index contributed by atoms with van der Waals surface area (Å²) in [6.07, 6.45) is 1.88. The SMILES string of the molecule is Cn1cc2cc(B(O)OC(C)(C)C(C)(C)O)ccc2n1. The zero-order valence-electron chi connectivity index (χ0n) is 12.6. The summed E-state index contributed by atoms with van der Waals surface area (Å²) in [6, 6.07) is 5.46. The summed E-state index contributed by atoms with van der Waals surface area (Å²) < 4.78 is 7.35.